The molecule has 3 N–H and O–H groups in total. The second-order valence-electron chi connectivity index (χ2n) is 5.18. The summed E-state index contributed by atoms with van der Waals surface area (Å²) in [6.07, 6.45) is 0.334. The van der Waals surface area contributed by atoms with Crippen molar-refractivity contribution in [1.29, 1.82) is 0 Å². The minimum absolute atomic E-state index is 0.0209. The van der Waals surface area contributed by atoms with E-state index in [2.05, 4.69) is 5.16 Å². The molecule has 116 valence electrons. The molecule has 0 bridgehead atoms. The molecule has 6 heteroatoms. The van der Waals surface area contributed by atoms with Gasteiger partial charge in [0.25, 0.3) is 5.91 Å². The fourth-order valence-corrected chi connectivity index (χ4v) is 1.81. The summed E-state index contributed by atoms with van der Waals surface area (Å²) in [4.78, 5) is 13.9. The molecule has 0 heterocycles. The first kappa shape index (κ1) is 16.8. The lowest BCUT2D eigenvalue weighted by Crippen LogP contribution is -2.39. The van der Waals surface area contributed by atoms with E-state index in [1.807, 2.05) is 32.0 Å². The van der Waals surface area contributed by atoms with Gasteiger partial charge in [-0.2, -0.15) is 0 Å². The van der Waals surface area contributed by atoms with Gasteiger partial charge < -0.3 is 20.6 Å². The average molecular weight is 293 g/mol. The van der Waals surface area contributed by atoms with Crippen LogP contribution in [0.15, 0.2) is 35.5 Å². The zero-order chi connectivity index (χ0) is 15.7. The quantitative estimate of drug-likeness (QED) is 0.330. The Morgan fingerprint density at radius 1 is 1.38 bits per heavy atom. The molecular weight excluding hydrogens is 270 g/mol. The Kier molecular flexibility index (Phi) is 7.08. The first-order chi connectivity index (χ1) is 10.0. The maximum absolute atomic E-state index is 12.2. The van der Waals surface area contributed by atoms with Gasteiger partial charge in [0, 0.05) is 19.5 Å². The zero-order valence-corrected chi connectivity index (χ0v) is 12.5. The fraction of sp³-hybridized carbons (Fsp3) is 0.467. The number of ether oxygens (including phenoxy) is 1. The normalized spacial score (nSPS) is 11.5. The van der Waals surface area contributed by atoms with Gasteiger partial charge in [-0.1, -0.05) is 37.2 Å². The van der Waals surface area contributed by atoms with Crippen molar-refractivity contribution >= 4 is 11.7 Å². The highest BCUT2D eigenvalue weighted by Crippen LogP contribution is 2.09. The van der Waals surface area contributed by atoms with E-state index in [-0.39, 0.29) is 18.3 Å². The zero-order valence-electron chi connectivity index (χ0n) is 12.5. The summed E-state index contributed by atoms with van der Waals surface area (Å²) in [6, 6.07) is 9.19. The van der Waals surface area contributed by atoms with Gasteiger partial charge in [-0.3, -0.25) is 4.79 Å². The van der Waals surface area contributed by atoms with Crippen molar-refractivity contribution in [3.63, 3.8) is 0 Å². The van der Waals surface area contributed by atoms with Gasteiger partial charge in [0.1, 0.15) is 11.6 Å². The first-order valence-electron chi connectivity index (χ1n) is 6.95. The van der Waals surface area contributed by atoms with Crippen LogP contribution >= 0.6 is 0 Å². The van der Waals surface area contributed by atoms with E-state index < -0.39 is 0 Å². The SMILES string of the molecule is CC(C)CN(CCC(N)=NO)C(=O)COc1ccccc1. The van der Waals surface area contributed by atoms with Gasteiger partial charge in [-0.25, -0.2) is 0 Å². The number of carbonyl (C=O) groups excluding carboxylic acids is 1. The van der Waals surface area contributed by atoms with Gasteiger partial charge in [-0.15, -0.1) is 0 Å². The van der Waals surface area contributed by atoms with Crippen molar-refractivity contribution < 1.29 is 14.7 Å². The largest absolute Gasteiger partial charge is 0.484 e. The van der Waals surface area contributed by atoms with E-state index >= 15 is 0 Å². The molecule has 0 aromatic heterocycles. The maximum atomic E-state index is 12.2. The lowest BCUT2D eigenvalue weighted by molar-refractivity contribution is -0.133. The van der Waals surface area contributed by atoms with Gasteiger partial charge in [0.2, 0.25) is 0 Å². The van der Waals surface area contributed by atoms with Crippen molar-refractivity contribution in [1.82, 2.24) is 4.90 Å². The third-order valence-electron chi connectivity index (χ3n) is 2.81. The highest BCUT2D eigenvalue weighted by atomic mass is 16.5. The monoisotopic (exact) mass is 293 g/mol. The molecule has 0 unspecified atom stereocenters. The molecular formula is C15H23N3O3. The number of amides is 1. The van der Waals surface area contributed by atoms with Gasteiger partial charge >= 0.3 is 0 Å². The summed E-state index contributed by atoms with van der Waals surface area (Å²) in [5, 5.41) is 11.5. The van der Waals surface area contributed by atoms with Crippen LogP contribution in [0.25, 0.3) is 0 Å². The number of amidine groups is 1. The van der Waals surface area contributed by atoms with Crippen molar-refractivity contribution in [2.45, 2.75) is 20.3 Å². The Bertz CT molecular complexity index is 460. The number of para-hydroxylation sites is 1. The van der Waals surface area contributed by atoms with E-state index in [4.69, 9.17) is 15.7 Å². The number of hydrogen-bond donors (Lipinski definition) is 2. The third-order valence-corrected chi connectivity index (χ3v) is 2.81. The van der Waals surface area contributed by atoms with Crippen LogP contribution in [0.3, 0.4) is 0 Å². The van der Waals surface area contributed by atoms with Crippen molar-refractivity contribution in [3.05, 3.63) is 30.3 Å². The first-order valence-corrected chi connectivity index (χ1v) is 6.95. The van der Waals surface area contributed by atoms with E-state index in [9.17, 15) is 4.79 Å². The number of carbonyl (C=O) groups is 1. The second-order valence-corrected chi connectivity index (χ2v) is 5.18. The number of oxime groups is 1. The average Bonchev–Trinajstić information content (AvgIpc) is 2.49. The molecule has 1 rings (SSSR count). The Morgan fingerprint density at radius 3 is 2.62 bits per heavy atom. The van der Waals surface area contributed by atoms with E-state index in [1.165, 1.54) is 0 Å². The topological polar surface area (TPSA) is 88.1 Å². The van der Waals surface area contributed by atoms with Crippen molar-refractivity contribution in [3.8, 4) is 5.75 Å². The van der Waals surface area contributed by atoms with Crippen LogP contribution in [0.5, 0.6) is 5.75 Å². The minimum Gasteiger partial charge on any atom is -0.484 e. The lowest BCUT2D eigenvalue weighted by Gasteiger charge is -2.24. The predicted octanol–water partition coefficient (Wildman–Crippen LogP) is 1.69. The van der Waals surface area contributed by atoms with Crippen LogP contribution in [0.1, 0.15) is 20.3 Å². The van der Waals surface area contributed by atoms with E-state index in [0.717, 1.165) is 0 Å². The molecule has 0 aliphatic rings. The van der Waals surface area contributed by atoms with Crippen LogP contribution in [-0.4, -0.2) is 41.5 Å². The Morgan fingerprint density at radius 2 is 2.05 bits per heavy atom. The molecule has 0 aliphatic heterocycles. The summed E-state index contributed by atoms with van der Waals surface area (Å²) < 4.78 is 5.46. The maximum Gasteiger partial charge on any atom is 0.260 e. The van der Waals surface area contributed by atoms with Crippen LogP contribution < -0.4 is 10.5 Å². The van der Waals surface area contributed by atoms with Crippen molar-refractivity contribution in [2.75, 3.05) is 19.7 Å². The predicted molar refractivity (Wildman–Crippen MR) is 81.4 cm³/mol. The molecule has 0 aliphatic carbocycles. The third kappa shape index (κ3) is 6.65. The number of benzene rings is 1. The molecule has 0 fully saturated rings. The van der Waals surface area contributed by atoms with Crippen LogP contribution in [0, 0.1) is 5.92 Å². The smallest absolute Gasteiger partial charge is 0.260 e. The Labute approximate surface area is 125 Å². The van der Waals surface area contributed by atoms with Gasteiger partial charge in [0.15, 0.2) is 6.61 Å². The lowest BCUT2D eigenvalue weighted by atomic mass is 10.2. The van der Waals surface area contributed by atoms with Crippen molar-refractivity contribution in [2.24, 2.45) is 16.8 Å². The Balaban J connectivity index is 2.54. The number of nitrogens with two attached hydrogens (primary N) is 1. The summed E-state index contributed by atoms with van der Waals surface area (Å²) >= 11 is 0. The molecule has 1 aromatic rings. The van der Waals surface area contributed by atoms with Crippen LogP contribution in [0.4, 0.5) is 0 Å². The van der Waals surface area contributed by atoms with E-state index in [1.54, 1.807) is 17.0 Å². The molecule has 0 atom stereocenters. The molecule has 0 saturated heterocycles. The molecule has 0 spiro atoms. The standard InChI is InChI=1S/C15H23N3O3/c1-12(2)10-18(9-8-14(16)17-20)15(19)11-21-13-6-4-3-5-7-13/h3-7,12,20H,8-11H2,1-2H3,(H2,16,17). The highest BCUT2D eigenvalue weighted by molar-refractivity contribution is 5.81. The fourth-order valence-electron chi connectivity index (χ4n) is 1.81. The summed E-state index contributed by atoms with van der Waals surface area (Å²) in [5.74, 6) is 0.989. The summed E-state index contributed by atoms with van der Waals surface area (Å²) in [7, 11) is 0. The number of nitrogens with zero attached hydrogens (tertiary/aromatic N) is 2. The van der Waals surface area contributed by atoms with Crippen LogP contribution in [0.2, 0.25) is 0 Å². The molecule has 1 amide bonds. The molecule has 0 radical (unpaired) electrons. The Hall–Kier alpha value is -2.24. The highest BCUT2D eigenvalue weighted by Gasteiger charge is 2.16. The van der Waals surface area contributed by atoms with Gasteiger partial charge in [-0.05, 0) is 18.1 Å². The van der Waals surface area contributed by atoms with Gasteiger partial charge in [0.05, 0.1) is 0 Å². The molecule has 0 saturated carbocycles. The minimum atomic E-state index is -0.113. The molecule has 6 nitrogen and oxygen atoms in total. The summed E-state index contributed by atoms with van der Waals surface area (Å²) in [5.41, 5.74) is 5.45. The molecule has 1 aromatic carbocycles. The number of rotatable bonds is 8. The van der Waals surface area contributed by atoms with E-state index in [0.29, 0.717) is 31.2 Å². The molecule has 21 heavy (non-hydrogen) atoms. The van der Waals surface area contributed by atoms with Crippen LogP contribution in [-0.2, 0) is 4.79 Å². The second kappa shape index (κ2) is 8.84. The summed E-state index contributed by atoms with van der Waals surface area (Å²) in [6.45, 7) is 5.05. The number of hydrogen-bond acceptors (Lipinski definition) is 4.